The third-order valence-corrected chi connectivity index (χ3v) is 5.59. The molecule has 6 nitrogen and oxygen atoms in total. The Morgan fingerprint density at radius 2 is 2.04 bits per heavy atom. The standard InChI is InChI=1S/C16H21NO5S/c1-16(5-2-6-21-11-16)15(18)17-23(19,20)10-12-3-4-13-8-22-9-14(13)7-12/h3-4,7H,2,5-6,8-11H2,1H3,(H,17,18). The first-order valence-corrected chi connectivity index (χ1v) is 9.34. The predicted molar refractivity (Wildman–Crippen MR) is 83.9 cm³/mol. The molecule has 0 aromatic heterocycles. The monoisotopic (exact) mass is 339 g/mol. The Bertz CT molecular complexity index is 707. The van der Waals surface area contributed by atoms with Crippen LogP contribution in [0.5, 0.6) is 0 Å². The third-order valence-electron chi connectivity index (χ3n) is 4.38. The summed E-state index contributed by atoms with van der Waals surface area (Å²) >= 11 is 0. The van der Waals surface area contributed by atoms with E-state index in [1.807, 2.05) is 12.1 Å². The van der Waals surface area contributed by atoms with Crippen molar-refractivity contribution in [3.05, 3.63) is 34.9 Å². The minimum absolute atomic E-state index is 0.219. The van der Waals surface area contributed by atoms with Gasteiger partial charge >= 0.3 is 0 Å². The second kappa shape index (κ2) is 6.22. The maximum absolute atomic E-state index is 12.3. The number of ether oxygens (including phenoxy) is 2. The van der Waals surface area contributed by atoms with E-state index in [9.17, 15) is 13.2 Å². The minimum atomic E-state index is -3.73. The number of hydrogen-bond acceptors (Lipinski definition) is 5. The first-order valence-electron chi connectivity index (χ1n) is 7.69. The van der Waals surface area contributed by atoms with Gasteiger partial charge in [0.15, 0.2) is 0 Å². The van der Waals surface area contributed by atoms with E-state index in [4.69, 9.17) is 9.47 Å². The molecule has 0 radical (unpaired) electrons. The summed E-state index contributed by atoms with van der Waals surface area (Å²) in [7, 11) is -3.73. The summed E-state index contributed by atoms with van der Waals surface area (Å²) in [4.78, 5) is 12.3. The van der Waals surface area contributed by atoms with Crippen molar-refractivity contribution < 1.29 is 22.7 Å². The molecule has 1 atom stereocenters. The van der Waals surface area contributed by atoms with Crippen LogP contribution in [0.4, 0.5) is 0 Å². The molecule has 2 aliphatic rings. The summed E-state index contributed by atoms with van der Waals surface area (Å²) in [6.45, 7) is 3.68. The van der Waals surface area contributed by atoms with Gasteiger partial charge in [0.2, 0.25) is 15.9 Å². The lowest BCUT2D eigenvalue weighted by atomic mass is 9.84. The topological polar surface area (TPSA) is 81.7 Å². The molecule has 0 aliphatic carbocycles. The van der Waals surface area contributed by atoms with Crippen LogP contribution in [0.1, 0.15) is 36.5 Å². The van der Waals surface area contributed by atoms with E-state index in [1.165, 1.54) is 0 Å². The smallest absolute Gasteiger partial charge is 0.241 e. The summed E-state index contributed by atoms with van der Waals surface area (Å²) in [5, 5.41) is 0. The molecule has 23 heavy (non-hydrogen) atoms. The summed E-state index contributed by atoms with van der Waals surface area (Å²) in [5.74, 6) is -0.704. The maximum atomic E-state index is 12.3. The number of benzene rings is 1. The first-order chi connectivity index (χ1) is 10.9. The highest BCUT2D eigenvalue weighted by atomic mass is 32.2. The highest BCUT2D eigenvalue weighted by Crippen LogP contribution is 2.28. The van der Waals surface area contributed by atoms with Gasteiger partial charge in [-0.1, -0.05) is 18.2 Å². The highest BCUT2D eigenvalue weighted by Gasteiger charge is 2.37. The van der Waals surface area contributed by atoms with Crippen LogP contribution in [0.3, 0.4) is 0 Å². The van der Waals surface area contributed by atoms with Gasteiger partial charge in [-0.05, 0) is 36.5 Å². The average Bonchev–Trinajstić information content (AvgIpc) is 2.94. The molecule has 0 saturated carbocycles. The van der Waals surface area contributed by atoms with Crippen LogP contribution in [0, 0.1) is 5.41 Å². The predicted octanol–water partition coefficient (Wildman–Crippen LogP) is 1.48. The molecule has 1 saturated heterocycles. The Hall–Kier alpha value is -1.44. The van der Waals surface area contributed by atoms with E-state index in [0.29, 0.717) is 31.8 Å². The molecule has 3 rings (SSSR count). The van der Waals surface area contributed by atoms with Crippen LogP contribution in [-0.4, -0.2) is 27.5 Å². The molecule has 1 aromatic carbocycles. The van der Waals surface area contributed by atoms with Crippen molar-refractivity contribution in [2.45, 2.75) is 38.7 Å². The van der Waals surface area contributed by atoms with Crippen molar-refractivity contribution in [3.8, 4) is 0 Å². The Labute approximate surface area is 136 Å². The number of hydrogen-bond donors (Lipinski definition) is 1. The van der Waals surface area contributed by atoms with Crippen LogP contribution in [0.25, 0.3) is 0 Å². The van der Waals surface area contributed by atoms with Gasteiger partial charge in [0.1, 0.15) is 0 Å². The van der Waals surface area contributed by atoms with Crippen LogP contribution < -0.4 is 4.72 Å². The zero-order chi connectivity index (χ0) is 16.5. The van der Waals surface area contributed by atoms with Crippen molar-refractivity contribution in [1.82, 2.24) is 4.72 Å². The van der Waals surface area contributed by atoms with Crippen molar-refractivity contribution in [3.63, 3.8) is 0 Å². The third kappa shape index (κ3) is 3.73. The zero-order valence-electron chi connectivity index (χ0n) is 13.1. The van der Waals surface area contributed by atoms with Crippen LogP contribution >= 0.6 is 0 Å². The zero-order valence-corrected chi connectivity index (χ0v) is 13.9. The van der Waals surface area contributed by atoms with Gasteiger partial charge in [0, 0.05) is 6.61 Å². The molecule has 126 valence electrons. The van der Waals surface area contributed by atoms with E-state index in [-0.39, 0.29) is 12.4 Å². The normalized spacial score (nSPS) is 24.2. The number of carbonyl (C=O) groups excluding carboxylic acids is 1. The molecule has 7 heteroatoms. The van der Waals surface area contributed by atoms with E-state index >= 15 is 0 Å². The van der Waals surface area contributed by atoms with Gasteiger partial charge in [0.25, 0.3) is 0 Å². The van der Waals surface area contributed by atoms with Crippen molar-refractivity contribution in [1.29, 1.82) is 0 Å². The number of fused-ring (bicyclic) bond motifs is 1. The largest absolute Gasteiger partial charge is 0.380 e. The van der Waals surface area contributed by atoms with Crippen LogP contribution in [0.15, 0.2) is 18.2 Å². The van der Waals surface area contributed by atoms with E-state index < -0.39 is 21.3 Å². The van der Waals surface area contributed by atoms with Gasteiger partial charge in [0.05, 0.1) is 31.0 Å². The lowest BCUT2D eigenvalue weighted by molar-refractivity contribution is -0.135. The molecule has 0 bridgehead atoms. The van der Waals surface area contributed by atoms with Gasteiger partial charge < -0.3 is 9.47 Å². The first kappa shape index (κ1) is 16.4. The molecule has 1 unspecified atom stereocenters. The van der Waals surface area contributed by atoms with Crippen molar-refractivity contribution >= 4 is 15.9 Å². The second-order valence-corrected chi connectivity index (χ2v) is 8.23. The van der Waals surface area contributed by atoms with E-state index in [1.54, 1.807) is 13.0 Å². The number of rotatable bonds is 4. The number of carbonyl (C=O) groups is 1. The minimum Gasteiger partial charge on any atom is -0.380 e. The number of nitrogens with one attached hydrogen (secondary N) is 1. The molecular formula is C16H21NO5S. The highest BCUT2D eigenvalue weighted by molar-refractivity contribution is 7.89. The van der Waals surface area contributed by atoms with Gasteiger partial charge in [-0.2, -0.15) is 0 Å². The van der Waals surface area contributed by atoms with Gasteiger partial charge in [-0.3, -0.25) is 9.52 Å². The molecule has 1 N–H and O–H groups in total. The van der Waals surface area contributed by atoms with Crippen molar-refractivity contribution in [2.75, 3.05) is 13.2 Å². The fourth-order valence-corrected chi connectivity index (χ4v) is 4.17. The molecule has 1 aromatic rings. The fourth-order valence-electron chi connectivity index (χ4n) is 2.95. The average molecular weight is 339 g/mol. The van der Waals surface area contributed by atoms with Crippen molar-refractivity contribution in [2.24, 2.45) is 5.41 Å². The van der Waals surface area contributed by atoms with Gasteiger partial charge in [-0.15, -0.1) is 0 Å². The lowest BCUT2D eigenvalue weighted by Gasteiger charge is -2.31. The number of sulfonamides is 1. The summed E-state index contributed by atoms with van der Waals surface area (Å²) < 4.78 is 37.4. The summed E-state index contributed by atoms with van der Waals surface area (Å²) in [6, 6.07) is 5.48. The summed E-state index contributed by atoms with van der Waals surface area (Å²) in [6.07, 6.45) is 1.39. The molecule has 0 spiro atoms. The SMILES string of the molecule is CC1(C(=O)NS(=O)(=O)Cc2ccc3c(c2)COC3)CCCOC1. The van der Waals surface area contributed by atoms with E-state index in [2.05, 4.69) is 4.72 Å². The molecule has 1 amide bonds. The summed E-state index contributed by atoms with van der Waals surface area (Å²) in [5.41, 5.74) is 1.97. The fraction of sp³-hybridized carbons (Fsp3) is 0.562. The molecule has 2 heterocycles. The van der Waals surface area contributed by atoms with E-state index in [0.717, 1.165) is 17.5 Å². The Morgan fingerprint density at radius 1 is 1.26 bits per heavy atom. The Balaban J connectivity index is 1.68. The molecule has 2 aliphatic heterocycles. The van der Waals surface area contributed by atoms with Crippen LogP contribution in [0.2, 0.25) is 0 Å². The Kier molecular flexibility index (Phi) is 4.44. The second-order valence-electron chi connectivity index (χ2n) is 6.50. The van der Waals surface area contributed by atoms with Gasteiger partial charge in [-0.25, -0.2) is 8.42 Å². The quantitative estimate of drug-likeness (QED) is 0.898. The lowest BCUT2D eigenvalue weighted by Crippen LogP contribution is -2.46. The maximum Gasteiger partial charge on any atom is 0.241 e. The Morgan fingerprint density at radius 3 is 2.78 bits per heavy atom. The molecule has 1 fully saturated rings. The van der Waals surface area contributed by atoms with Crippen LogP contribution in [-0.2, 0) is 43.3 Å². The number of amides is 1. The molecular weight excluding hydrogens is 318 g/mol.